The predicted molar refractivity (Wildman–Crippen MR) is 83.5 cm³/mol. The Hall–Kier alpha value is -0.0800. The van der Waals surface area contributed by atoms with Gasteiger partial charge >= 0.3 is 0 Å². The number of hydrogen-bond acceptors (Lipinski definition) is 2. The summed E-state index contributed by atoms with van der Waals surface area (Å²) in [6.45, 7) is 4.30. The summed E-state index contributed by atoms with van der Waals surface area (Å²) in [4.78, 5) is 2.34. The lowest BCUT2D eigenvalue weighted by Crippen LogP contribution is -2.39. The molecule has 0 atom stereocenters. The summed E-state index contributed by atoms with van der Waals surface area (Å²) < 4.78 is 0. The molecule has 0 bridgehead atoms. The fourth-order valence-corrected chi connectivity index (χ4v) is 3.29. The van der Waals surface area contributed by atoms with Crippen LogP contribution in [0, 0.1) is 0 Å². The van der Waals surface area contributed by atoms with Crippen LogP contribution in [-0.2, 0) is 0 Å². The van der Waals surface area contributed by atoms with Crippen molar-refractivity contribution in [2.45, 2.75) is 89.6 Å². The summed E-state index contributed by atoms with van der Waals surface area (Å²) in [5, 5.41) is 10.3. The van der Waals surface area contributed by atoms with Crippen molar-refractivity contribution in [2.24, 2.45) is 0 Å². The summed E-state index contributed by atoms with van der Waals surface area (Å²) in [6.07, 6.45) is 15.5. The predicted octanol–water partition coefficient (Wildman–Crippen LogP) is 4.36. The lowest BCUT2D eigenvalue weighted by Gasteiger charge is -2.28. The second-order valence-corrected chi connectivity index (χ2v) is 6.64. The maximum absolute atomic E-state index is 10.3. The number of unbranched alkanes of at least 4 members (excludes halogenated alkanes) is 7. The molecule has 0 amide bonds. The van der Waals surface area contributed by atoms with E-state index in [-0.39, 0.29) is 5.60 Å². The Kier molecular flexibility index (Phi) is 8.72. The highest BCUT2D eigenvalue weighted by Crippen LogP contribution is 2.29. The quantitative estimate of drug-likeness (QED) is 0.563. The molecule has 1 aliphatic carbocycles. The molecule has 0 spiro atoms. The van der Waals surface area contributed by atoms with Crippen molar-refractivity contribution in [1.29, 1.82) is 0 Å². The Morgan fingerprint density at radius 1 is 0.895 bits per heavy atom. The van der Waals surface area contributed by atoms with Gasteiger partial charge in [0.1, 0.15) is 0 Å². The first-order chi connectivity index (χ1) is 9.16. The van der Waals surface area contributed by atoms with E-state index < -0.39 is 0 Å². The fraction of sp³-hybridized carbons (Fsp3) is 1.00. The molecule has 1 saturated carbocycles. The van der Waals surface area contributed by atoms with Crippen LogP contribution in [0.15, 0.2) is 0 Å². The molecular weight excluding hydrogens is 234 g/mol. The van der Waals surface area contributed by atoms with Crippen LogP contribution in [0.4, 0.5) is 0 Å². The summed E-state index contributed by atoms with van der Waals surface area (Å²) in [6, 6.07) is 0. The maximum atomic E-state index is 10.3. The molecule has 2 heteroatoms. The Balaban J connectivity index is 1.91. The van der Waals surface area contributed by atoms with Gasteiger partial charge in [-0.3, -0.25) is 0 Å². The highest BCUT2D eigenvalue weighted by atomic mass is 16.3. The smallest absolute Gasteiger partial charge is 0.0774 e. The van der Waals surface area contributed by atoms with Gasteiger partial charge in [0.15, 0.2) is 0 Å². The summed E-state index contributed by atoms with van der Waals surface area (Å²) in [5.41, 5.74) is -0.366. The molecule has 0 aromatic heterocycles. The molecule has 0 heterocycles. The SMILES string of the molecule is CCCCCCCCCCN(C)CC1(O)CCCC1. The molecule has 0 unspecified atom stereocenters. The highest BCUT2D eigenvalue weighted by molar-refractivity contribution is 4.86. The molecule has 1 fully saturated rings. The average molecular weight is 269 g/mol. The lowest BCUT2D eigenvalue weighted by atomic mass is 10.0. The van der Waals surface area contributed by atoms with Crippen LogP contribution in [-0.4, -0.2) is 35.7 Å². The van der Waals surface area contributed by atoms with Gasteiger partial charge in [0, 0.05) is 6.54 Å². The van der Waals surface area contributed by atoms with Crippen LogP contribution in [0.5, 0.6) is 0 Å². The molecule has 114 valence electrons. The summed E-state index contributed by atoms with van der Waals surface area (Å²) in [5.74, 6) is 0. The van der Waals surface area contributed by atoms with Gasteiger partial charge in [-0.2, -0.15) is 0 Å². The van der Waals surface area contributed by atoms with Gasteiger partial charge in [-0.1, -0.05) is 64.7 Å². The van der Waals surface area contributed by atoms with Crippen LogP contribution in [0.2, 0.25) is 0 Å². The summed E-state index contributed by atoms with van der Waals surface area (Å²) in [7, 11) is 2.16. The molecule has 2 nitrogen and oxygen atoms in total. The van der Waals surface area contributed by atoms with Gasteiger partial charge in [0.25, 0.3) is 0 Å². The first-order valence-corrected chi connectivity index (χ1v) is 8.57. The second kappa shape index (κ2) is 9.77. The van der Waals surface area contributed by atoms with E-state index in [4.69, 9.17) is 0 Å². The second-order valence-electron chi connectivity index (χ2n) is 6.64. The minimum absolute atomic E-state index is 0.366. The van der Waals surface area contributed by atoms with E-state index in [0.717, 1.165) is 25.9 Å². The highest BCUT2D eigenvalue weighted by Gasteiger charge is 2.31. The minimum atomic E-state index is -0.366. The van der Waals surface area contributed by atoms with E-state index >= 15 is 0 Å². The average Bonchev–Trinajstić information content (AvgIpc) is 2.79. The topological polar surface area (TPSA) is 23.5 Å². The number of hydrogen-bond donors (Lipinski definition) is 1. The van der Waals surface area contributed by atoms with E-state index in [9.17, 15) is 5.11 Å². The minimum Gasteiger partial charge on any atom is -0.389 e. The maximum Gasteiger partial charge on any atom is 0.0774 e. The van der Waals surface area contributed by atoms with E-state index in [1.165, 1.54) is 64.2 Å². The van der Waals surface area contributed by atoms with Gasteiger partial charge in [-0.25, -0.2) is 0 Å². The molecule has 0 saturated heterocycles. The normalized spacial score (nSPS) is 18.3. The fourth-order valence-electron chi connectivity index (χ4n) is 3.29. The molecule has 1 rings (SSSR count). The monoisotopic (exact) mass is 269 g/mol. The van der Waals surface area contributed by atoms with Crippen molar-refractivity contribution >= 4 is 0 Å². The molecule has 1 N–H and O–H groups in total. The zero-order valence-corrected chi connectivity index (χ0v) is 13.3. The number of aliphatic hydroxyl groups is 1. The Labute approximate surface area is 120 Å². The largest absolute Gasteiger partial charge is 0.389 e. The van der Waals surface area contributed by atoms with Gasteiger partial charge in [-0.15, -0.1) is 0 Å². The van der Waals surface area contributed by atoms with Gasteiger partial charge < -0.3 is 10.0 Å². The molecule has 1 aliphatic rings. The summed E-state index contributed by atoms with van der Waals surface area (Å²) >= 11 is 0. The third-order valence-corrected chi connectivity index (χ3v) is 4.49. The van der Waals surface area contributed by atoms with E-state index in [1.807, 2.05) is 0 Å². The van der Waals surface area contributed by atoms with Crippen LogP contribution in [0.1, 0.15) is 84.0 Å². The van der Waals surface area contributed by atoms with Gasteiger partial charge in [0.05, 0.1) is 5.60 Å². The van der Waals surface area contributed by atoms with Crippen molar-refractivity contribution in [1.82, 2.24) is 4.90 Å². The third kappa shape index (κ3) is 7.94. The van der Waals surface area contributed by atoms with Gasteiger partial charge in [-0.05, 0) is 32.9 Å². The van der Waals surface area contributed by atoms with Crippen LogP contribution in [0.3, 0.4) is 0 Å². The van der Waals surface area contributed by atoms with E-state index in [2.05, 4.69) is 18.9 Å². The van der Waals surface area contributed by atoms with Crippen LogP contribution >= 0.6 is 0 Å². The molecule has 19 heavy (non-hydrogen) atoms. The lowest BCUT2D eigenvalue weighted by molar-refractivity contribution is 0.0161. The standard InChI is InChI=1S/C17H35NO/c1-3-4-5-6-7-8-9-12-15-18(2)16-17(19)13-10-11-14-17/h19H,3-16H2,1-2H3. The first-order valence-electron chi connectivity index (χ1n) is 8.57. The van der Waals surface area contributed by atoms with Crippen LogP contribution in [0.25, 0.3) is 0 Å². The van der Waals surface area contributed by atoms with E-state index in [1.54, 1.807) is 0 Å². The molecule has 0 aliphatic heterocycles. The molecule has 0 aromatic rings. The van der Waals surface area contributed by atoms with Crippen LogP contribution < -0.4 is 0 Å². The Bertz CT molecular complexity index is 211. The zero-order chi connectivity index (χ0) is 14.0. The Morgan fingerprint density at radius 3 is 2.00 bits per heavy atom. The zero-order valence-electron chi connectivity index (χ0n) is 13.3. The van der Waals surface area contributed by atoms with Crippen molar-refractivity contribution < 1.29 is 5.11 Å². The van der Waals surface area contributed by atoms with E-state index in [0.29, 0.717) is 0 Å². The van der Waals surface area contributed by atoms with Gasteiger partial charge in [0.2, 0.25) is 0 Å². The molecular formula is C17H35NO. The number of rotatable bonds is 11. The van der Waals surface area contributed by atoms with Crippen molar-refractivity contribution in [3.63, 3.8) is 0 Å². The van der Waals surface area contributed by atoms with Crippen molar-refractivity contribution in [3.05, 3.63) is 0 Å². The Morgan fingerprint density at radius 2 is 1.42 bits per heavy atom. The number of nitrogens with zero attached hydrogens (tertiary/aromatic N) is 1. The third-order valence-electron chi connectivity index (χ3n) is 4.49. The number of likely N-dealkylation sites (N-methyl/N-ethyl adjacent to an activating group) is 1. The molecule has 0 aromatic carbocycles. The molecule has 0 radical (unpaired) electrons. The van der Waals surface area contributed by atoms with Crippen molar-refractivity contribution in [3.8, 4) is 0 Å². The first kappa shape index (κ1) is 17.0. The van der Waals surface area contributed by atoms with Crippen molar-refractivity contribution in [2.75, 3.05) is 20.1 Å².